The van der Waals surface area contributed by atoms with Crippen LogP contribution in [0.3, 0.4) is 0 Å². The van der Waals surface area contributed by atoms with Crippen molar-refractivity contribution in [3.8, 4) is 0 Å². The normalized spacial score (nSPS) is 11.2. The highest BCUT2D eigenvalue weighted by Crippen LogP contribution is 2.13. The molecule has 4 nitrogen and oxygen atoms in total. The van der Waals surface area contributed by atoms with Crippen LogP contribution in [0.2, 0.25) is 0 Å². The quantitative estimate of drug-likeness (QED) is 0.773. The second-order valence-corrected chi connectivity index (χ2v) is 4.75. The molecule has 96 valence electrons. The van der Waals surface area contributed by atoms with Crippen LogP contribution in [-0.4, -0.2) is 29.2 Å². The Morgan fingerprint density at radius 2 is 1.94 bits per heavy atom. The highest BCUT2D eigenvalue weighted by atomic mass is 16.5. The van der Waals surface area contributed by atoms with E-state index in [1.165, 1.54) is 0 Å². The van der Waals surface area contributed by atoms with E-state index in [1.807, 2.05) is 26.8 Å². The third-order valence-corrected chi connectivity index (χ3v) is 2.25. The summed E-state index contributed by atoms with van der Waals surface area (Å²) in [5.74, 6) is 2.12. The Bertz CT molecular complexity index is 351. The molecular formula is C13H23N3O. The summed E-state index contributed by atoms with van der Waals surface area (Å²) < 4.78 is 5.47. The van der Waals surface area contributed by atoms with Crippen molar-refractivity contribution in [3.05, 3.63) is 17.6 Å². The Kier molecular flexibility index (Phi) is 5.35. The number of hydrogen-bond acceptors (Lipinski definition) is 4. The Morgan fingerprint density at radius 3 is 2.53 bits per heavy atom. The lowest BCUT2D eigenvalue weighted by Gasteiger charge is -2.11. The maximum absolute atomic E-state index is 5.47. The number of hydrogen-bond donors (Lipinski definition) is 1. The monoisotopic (exact) mass is 237 g/mol. The van der Waals surface area contributed by atoms with Crippen molar-refractivity contribution in [2.75, 3.05) is 18.5 Å². The molecule has 0 atom stereocenters. The first-order chi connectivity index (χ1) is 7.99. The number of ether oxygens (including phenoxy) is 1. The lowest BCUT2D eigenvalue weighted by atomic mass is 10.2. The SMILES string of the molecule is Cc1cc(NCCOC(C)C)nc(C(C)C)n1. The van der Waals surface area contributed by atoms with Gasteiger partial charge in [-0.3, -0.25) is 0 Å². The molecule has 17 heavy (non-hydrogen) atoms. The lowest BCUT2D eigenvalue weighted by Crippen LogP contribution is -2.14. The van der Waals surface area contributed by atoms with Crippen LogP contribution in [-0.2, 0) is 4.74 Å². The fourth-order valence-corrected chi connectivity index (χ4v) is 1.41. The standard InChI is InChI=1S/C13H23N3O/c1-9(2)13-15-11(5)8-12(16-13)14-6-7-17-10(3)4/h8-10H,6-7H2,1-5H3,(H,14,15,16). The Balaban J connectivity index is 2.53. The number of anilines is 1. The molecule has 4 heteroatoms. The van der Waals surface area contributed by atoms with Crippen LogP contribution < -0.4 is 5.32 Å². The van der Waals surface area contributed by atoms with E-state index in [1.54, 1.807) is 0 Å². The predicted octanol–water partition coefficient (Wildman–Crippen LogP) is 2.75. The van der Waals surface area contributed by atoms with Crippen LogP contribution in [0.4, 0.5) is 5.82 Å². The first kappa shape index (κ1) is 13.9. The number of nitrogens with one attached hydrogen (secondary N) is 1. The van der Waals surface area contributed by atoms with Crippen molar-refractivity contribution in [3.63, 3.8) is 0 Å². The van der Waals surface area contributed by atoms with Gasteiger partial charge in [0.05, 0.1) is 12.7 Å². The van der Waals surface area contributed by atoms with Crippen molar-refractivity contribution < 1.29 is 4.74 Å². The van der Waals surface area contributed by atoms with Gasteiger partial charge < -0.3 is 10.1 Å². The summed E-state index contributed by atoms with van der Waals surface area (Å²) in [5, 5.41) is 3.26. The van der Waals surface area contributed by atoms with Crippen LogP contribution in [0.5, 0.6) is 0 Å². The minimum atomic E-state index is 0.273. The zero-order valence-electron chi connectivity index (χ0n) is 11.4. The van der Waals surface area contributed by atoms with E-state index in [-0.39, 0.29) is 6.10 Å². The molecule has 0 amide bonds. The zero-order chi connectivity index (χ0) is 12.8. The van der Waals surface area contributed by atoms with Crippen molar-refractivity contribution in [2.45, 2.75) is 46.6 Å². The maximum atomic E-state index is 5.47. The van der Waals surface area contributed by atoms with Gasteiger partial charge in [-0.1, -0.05) is 13.8 Å². The van der Waals surface area contributed by atoms with Crippen LogP contribution >= 0.6 is 0 Å². The van der Waals surface area contributed by atoms with Gasteiger partial charge in [-0.2, -0.15) is 0 Å². The van der Waals surface area contributed by atoms with E-state index in [0.29, 0.717) is 12.5 Å². The van der Waals surface area contributed by atoms with Crippen LogP contribution in [0.15, 0.2) is 6.07 Å². The van der Waals surface area contributed by atoms with Gasteiger partial charge in [-0.15, -0.1) is 0 Å². The molecule has 0 aliphatic rings. The van der Waals surface area contributed by atoms with Crippen molar-refractivity contribution >= 4 is 5.82 Å². The number of rotatable bonds is 6. The molecule has 0 spiro atoms. The summed E-state index contributed by atoms with van der Waals surface area (Å²) in [6.07, 6.45) is 0.273. The molecule has 0 aliphatic heterocycles. The number of nitrogens with zero attached hydrogens (tertiary/aromatic N) is 2. The summed E-state index contributed by atoms with van der Waals surface area (Å²) in [5.41, 5.74) is 0.996. The molecule has 0 radical (unpaired) electrons. The average Bonchev–Trinajstić information content (AvgIpc) is 2.23. The van der Waals surface area contributed by atoms with Crippen molar-refractivity contribution in [1.29, 1.82) is 0 Å². The average molecular weight is 237 g/mol. The molecule has 1 heterocycles. The summed E-state index contributed by atoms with van der Waals surface area (Å²) in [4.78, 5) is 8.88. The molecule has 1 N–H and O–H groups in total. The van der Waals surface area contributed by atoms with E-state index in [9.17, 15) is 0 Å². The molecule has 1 aromatic rings. The minimum Gasteiger partial charge on any atom is -0.377 e. The van der Waals surface area contributed by atoms with E-state index < -0.39 is 0 Å². The van der Waals surface area contributed by atoms with Gasteiger partial charge in [0.2, 0.25) is 0 Å². The van der Waals surface area contributed by atoms with E-state index in [2.05, 4.69) is 29.1 Å². The molecule has 0 fully saturated rings. The number of aryl methyl sites for hydroxylation is 1. The first-order valence-electron chi connectivity index (χ1n) is 6.20. The lowest BCUT2D eigenvalue weighted by molar-refractivity contribution is 0.0870. The molecule has 0 aliphatic carbocycles. The van der Waals surface area contributed by atoms with Gasteiger partial charge in [0.15, 0.2) is 0 Å². The van der Waals surface area contributed by atoms with Gasteiger partial charge in [0.25, 0.3) is 0 Å². The zero-order valence-corrected chi connectivity index (χ0v) is 11.4. The van der Waals surface area contributed by atoms with E-state index >= 15 is 0 Å². The molecule has 0 unspecified atom stereocenters. The Hall–Kier alpha value is -1.16. The molecule has 0 saturated carbocycles. The summed E-state index contributed by atoms with van der Waals surface area (Å²) in [6.45, 7) is 11.7. The topological polar surface area (TPSA) is 47.0 Å². The molecule has 0 saturated heterocycles. The van der Waals surface area contributed by atoms with Gasteiger partial charge in [0, 0.05) is 24.2 Å². The van der Waals surface area contributed by atoms with Gasteiger partial charge in [-0.25, -0.2) is 9.97 Å². The Labute approximate surface area is 104 Å². The summed E-state index contributed by atoms with van der Waals surface area (Å²) in [6, 6.07) is 1.96. The van der Waals surface area contributed by atoms with Crippen LogP contribution in [0.25, 0.3) is 0 Å². The highest BCUT2D eigenvalue weighted by Gasteiger charge is 2.05. The molecule has 1 aromatic heterocycles. The first-order valence-corrected chi connectivity index (χ1v) is 6.20. The van der Waals surface area contributed by atoms with E-state index in [4.69, 9.17) is 4.74 Å². The van der Waals surface area contributed by atoms with E-state index in [0.717, 1.165) is 23.9 Å². The smallest absolute Gasteiger partial charge is 0.133 e. The molecule has 1 rings (SSSR count). The minimum absolute atomic E-state index is 0.273. The molecular weight excluding hydrogens is 214 g/mol. The maximum Gasteiger partial charge on any atom is 0.133 e. The summed E-state index contributed by atoms with van der Waals surface area (Å²) >= 11 is 0. The third-order valence-electron chi connectivity index (χ3n) is 2.25. The van der Waals surface area contributed by atoms with Gasteiger partial charge in [0.1, 0.15) is 11.6 Å². The second-order valence-electron chi connectivity index (χ2n) is 4.75. The second kappa shape index (κ2) is 6.55. The highest BCUT2D eigenvalue weighted by molar-refractivity contribution is 5.36. The van der Waals surface area contributed by atoms with Gasteiger partial charge >= 0.3 is 0 Å². The van der Waals surface area contributed by atoms with Crippen LogP contribution in [0.1, 0.15) is 45.1 Å². The summed E-state index contributed by atoms with van der Waals surface area (Å²) in [7, 11) is 0. The van der Waals surface area contributed by atoms with Crippen molar-refractivity contribution in [2.24, 2.45) is 0 Å². The molecule has 0 bridgehead atoms. The number of aromatic nitrogens is 2. The largest absolute Gasteiger partial charge is 0.377 e. The van der Waals surface area contributed by atoms with Crippen molar-refractivity contribution in [1.82, 2.24) is 9.97 Å². The third kappa shape index (κ3) is 5.13. The predicted molar refractivity (Wildman–Crippen MR) is 70.4 cm³/mol. The Morgan fingerprint density at radius 1 is 1.24 bits per heavy atom. The fraction of sp³-hybridized carbons (Fsp3) is 0.692. The van der Waals surface area contributed by atoms with Crippen LogP contribution in [0, 0.1) is 6.92 Å². The molecule has 0 aromatic carbocycles. The fourth-order valence-electron chi connectivity index (χ4n) is 1.41. The van der Waals surface area contributed by atoms with Gasteiger partial charge in [-0.05, 0) is 20.8 Å².